The maximum Gasteiger partial charge on any atom is 0.178 e. The number of nitrogens with zero attached hydrogens (tertiary/aromatic N) is 5. The number of unbranched alkanes of at least 4 members (excludes halogenated alkanes) is 13. The van der Waals surface area contributed by atoms with Crippen LogP contribution in [-0.4, -0.2) is 16.5 Å². The lowest BCUT2D eigenvalue weighted by atomic mass is 9.98. The van der Waals surface area contributed by atoms with Gasteiger partial charge in [-0.15, -0.1) is 0 Å². The van der Waals surface area contributed by atoms with Crippen molar-refractivity contribution in [3.63, 3.8) is 0 Å². The van der Waals surface area contributed by atoms with E-state index in [0.717, 1.165) is 29.8 Å². The average molecular weight is 530 g/mol. The summed E-state index contributed by atoms with van der Waals surface area (Å²) in [4.78, 5) is 10.6. The summed E-state index contributed by atoms with van der Waals surface area (Å²) in [6.07, 6.45) is 25.0. The lowest BCUT2D eigenvalue weighted by molar-refractivity contribution is 0.536. The molecule has 1 aliphatic heterocycles. The van der Waals surface area contributed by atoms with Crippen molar-refractivity contribution in [1.82, 2.24) is 9.97 Å². The Morgan fingerprint density at radius 2 is 1.34 bits per heavy atom. The van der Waals surface area contributed by atoms with Gasteiger partial charge < -0.3 is 4.90 Å². The number of nitriles is 2. The van der Waals surface area contributed by atoms with Crippen molar-refractivity contribution in [2.45, 2.75) is 96.8 Å². The smallest absolute Gasteiger partial charge is 0.178 e. The zero-order chi connectivity index (χ0) is 27.0. The molecule has 0 radical (unpaired) electrons. The first kappa shape index (κ1) is 29.4. The molecule has 0 unspecified atom stereocenters. The summed E-state index contributed by atoms with van der Waals surface area (Å²) in [5, 5.41) is 18.6. The first-order chi connectivity index (χ1) is 18.7. The molecule has 0 N–H and O–H groups in total. The van der Waals surface area contributed by atoms with Crippen LogP contribution in [0.15, 0.2) is 36.5 Å². The molecule has 1 aliphatic rings. The zero-order valence-electron chi connectivity index (χ0n) is 22.8. The summed E-state index contributed by atoms with van der Waals surface area (Å²) in [5.74, 6) is 0. The Labute approximate surface area is 233 Å². The van der Waals surface area contributed by atoms with Crippen LogP contribution < -0.4 is 4.90 Å². The summed E-state index contributed by atoms with van der Waals surface area (Å²) >= 11 is 6.27. The van der Waals surface area contributed by atoms with Gasteiger partial charge in [0, 0.05) is 24.0 Å². The molecule has 5 nitrogen and oxygen atoms in total. The summed E-state index contributed by atoms with van der Waals surface area (Å²) < 4.78 is 0. The third kappa shape index (κ3) is 9.00. The van der Waals surface area contributed by atoms with Gasteiger partial charge in [0.2, 0.25) is 0 Å². The van der Waals surface area contributed by atoms with Crippen molar-refractivity contribution in [2.75, 3.05) is 11.4 Å². The zero-order valence-corrected chi connectivity index (χ0v) is 23.5. The van der Waals surface area contributed by atoms with E-state index in [2.05, 4.69) is 52.3 Å². The first-order valence-corrected chi connectivity index (χ1v) is 14.7. The Hall–Kier alpha value is -3.15. The molecular weight excluding hydrogens is 490 g/mol. The largest absolute Gasteiger partial charge is 0.347 e. The molecule has 1 aromatic heterocycles. The minimum absolute atomic E-state index is 0.0174. The fourth-order valence-corrected chi connectivity index (χ4v) is 5.11. The van der Waals surface area contributed by atoms with Gasteiger partial charge in [-0.1, -0.05) is 120 Å². The van der Waals surface area contributed by atoms with Crippen LogP contribution in [0.5, 0.6) is 0 Å². The Morgan fingerprint density at radius 1 is 0.789 bits per heavy atom. The highest BCUT2D eigenvalue weighted by Gasteiger charge is 2.17. The molecule has 200 valence electrons. The predicted molar refractivity (Wildman–Crippen MR) is 158 cm³/mol. The number of anilines is 1. The molecule has 2 aromatic rings. The van der Waals surface area contributed by atoms with Crippen LogP contribution in [0.25, 0.3) is 11.6 Å². The van der Waals surface area contributed by atoms with Gasteiger partial charge in [-0.2, -0.15) is 10.5 Å². The standard InChI is InChI=1S/C32H40ClN5/c1-2-3-4-5-6-7-8-9-10-11-12-13-14-17-21-38-22-20-26(27-18-15-16-19-31(27)38)23-28-32(33)37-30(25-35)29(24-34)36-28/h15-16,18-20,22-23H,2-14,17,21H2,1H3/b26-23-. The predicted octanol–water partition coefficient (Wildman–Crippen LogP) is 9.23. The van der Waals surface area contributed by atoms with Crippen LogP contribution in [-0.2, 0) is 0 Å². The number of aromatic nitrogens is 2. The maximum absolute atomic E-state index is 9.30. The summed E-state index contributed by atoms with van der Waals surface area (Å²) in [5.41, 5.74) is 3.49. The van der Waals surface area contributed by atoms with E-state index in [9.17, 15) is 5.26 Å². The van der Waals surface area contributed by atoms with Crippen molar-refractivity contribution in [1.29, 1.82) is 10.5 Å². The molecular formula is C32H40ClN5. The van der Waals surface area contributed by atoms with Gasteiger partial charge in [-0.25, -0.2) is 9.97 Å². The van der Waals surface area contributed by atoms with E-state index in [0.29, 0.717) is 5.69 Å². The number of allylic oxidation sites excluding steroid dienone is 2. The van der Waals surface area contributed by atoms with Crippen LogP contribution in [0.4, 0.5) is 5.69 Å². The van der Waals surface area contributed by atoms with Crippen molar-refractivity contribution >= 4 is 28.9 Å². The van der Waals surface area contributed by atoms with Crippen molar-refractivity contribution < 1.29 is 0 Å². The highest BCUT2D eigenvalue weighted by atomic mass is 35.5. The van der Waals surface area contributed by atoms with Crippen LogP contribution in [0.3, 0.4) is 0 Å². The molecule has 0 atom stereocenters. The van der Waals surface area contributed by atoms with Crippen molar-refractivity contribution in [3.05, 3.63) is 64.3 Å². The minimum Gasteiger partial charge on any atom is -0.347 e. The number of halogens is 1. The minimum atomic E-state index is -0.0569. The number of fused-ring (bicyclic) bond motifs is 1. The molecule has 0 aliphatic carbocycles. The van der Waals surface area contributed by atoms with E-state index < -0.39 is 0 Å². The highest BCUT2D eigenvalue weighted by molar-refractivity contribution is 6.31. The lowest BCUT2D eigenvalue weighted by Crippen LogP contribution is -2.21. The van der Waals surface area contributed by atoms with Gasteiger partial charge in [0.15, 0.2) is 16.5 Å². The molecule has 1 aromatic carbocycles. The summed E-state index contributed by atoms with van der Waals surface area (Å²) in [6, 6.07) is 12.1. The highest BCUT2D eigenvalue weighted by Crippen LogP contribution is 2.34. The fraction of sp³-hybridized carbons (Fsp3) is 0.500. The van der Waals surface area contributed by atoms with Crippen LogP contribution >= 0.6 is 11.6 Å². The molecule has 0 saturated heterocycles. The quantitative estimate of drug-likeness (QED) is 0.202. The van der Waals surface area contributed by atoms with E-state index in [4.69, 9.17) is 16.9 Å². The third-order valence-electron chi connectivity index (χ3n) is 7.09. The van der Waals surface area contributed by atoms with Crippen molar-refractivity contribution in [2.24, 2.45) is 0 Å². The van der Waals surface area contributed by atoms with Crippen LogP contribution in [0.1, 0.15) is 119 Å². The Balaban J connectivity index is 1.43. The second-order valence-corrected chi connectivity index (χ2v) is 10.4. The van der Waals surface area contributed by atoms with Gasteiger partial charge in [0.05, 0.1) is 0 Å². The van der Waals surface area contributed by atoms with E-state index in [-0.39, 0.29) is 16.5 Å². The van der Waals surface area contributed by atoms with Crippen LogP contribution in [0, 0.1) is 22.7 Å². The Morgan fingerprint density at radius 3 is 1.95 bits per heavy atom. The van der Waals surface area contributed by atoms with Gasteiger partial charge >= 0.3 is 0 Å². The van der Waals surface area contributed by atoms with Gasteiger partial charge in [-0.05, 0) is 30.2 Å². The topological polar surface area (TPSA) is 76.6 Å². The molecule has 38 heavy (non-hydrogen) atoms. The number of hydrogen-bond donors (Lipinski definition) is 0. The monoisotopic (exact) mass is 529 g/mol. The fourth-order valence-electron chi connectivity index (χ4n) is 4.93. The van der Waals surface area contributed by atoms with E-state index in [1.807, 2.05) is 24.3 Å². The maximum atomic E-state index is 9.30. The number of benzene rings is 1. The molecule has 0 bridgehead atoms. The molecule has 0 fully saturated rings. The van der Waals surface area contributed by atoms with E-state index >= 15 is 0 Å². The molecule has 0 spiro atoms. The Kier molecular flexibility index (Phi) is 12.9. The van der Waals surface area contributed by atoms with Gasteiger partial charge in [0.25, 0.3) is 0 Å². The molecule has 0 saturated carbocycles. The first-order valence-electron chi connectivity index (χ1n) is 14.3. The lowest BCUT2D eigenvalue weighted by Gasteiger charge is -2.27. The second-order valence-electron chi connectivity index (χ2n) is 10.0. The normalized spacial score (nSPS) is 13.4. The van der Waals surface area contributed by atoms with Gasteiger partial charge in [0.1, 0.15) is 17.8 Å². The molecule has 3 rings (SSSR count). The number of hydrogen-bond acceptors (Lipinski definition) is 5. The SMILES string of the molecule is CCCCCCCCCCCCCCCCN1C=C/C(=C/c2nc(C#N)c(C#N)nc2Cl)c2ccccc21. The van der Waals surface area contributed by atoms with E-state index in [1.165, 1.54) is 83.5 Å². The third-order valence-corrected chi connectivity index (χ3v) is 7.37. The molecule has 2 heterocycles. The van der Waals surface area contributed by atoms with Gasteiger partial charge in [-0.3, -0.25) is 0 Å². The number of para-hydroxylation sites is 1. The average Bonchev–Trinajstić information content (AvgIpc) is 2.94. The molecule has 0 amide bonds. The van der Waals surface area contributed by atoms with Crippen molar-refractivity contribution in [3.8, 4) is 12.1 Å². The van der Waals surface area contributed by atoms with E-state index in [1.54, 1.807) is 0 Å². The second kappa shape index (κ2) is 16.6. The Bertz CT molecular complexity index is 1170. The number of rotatable bonds is 16. The molecule has 6 heteroatoms. The summed E-state index contributed by atoms with van der Waals surface area (Å²) in [7, 11) is 0. The van der Waals surface area contributed by atoms with Crippen LogP contribution in [0.2, 0.25) is 5.15 Å². The summed E-state index contributed by atoms with van der Waals surface area (Å²) in [6.45, 7) is 3.26.